The number of amides is 1. The highest BCUT2D eigenvalue weighted by Gasteiger charge is 2.18. The van der Waals surface area contributed by atoms with Gasteiger partial charge in [0.2, 0.25) is 11.9 Å². The molecule has 0 aliphatic carbocycles. The highest BCUT2D eigenvalue weighted by molar-refractivity contribution is 5.79. The lowest BCUT2D eigenvalue weighted by Crippen LogP contribution is -2.38. The lowest BCUT2D eigenvalue weighted by atomic mass is 10.1. The zero-order chi connectivity index (χ0) is 21.1. The summed E-state index contributed by atoms with van der Waals surface area (Å²) in [5, 5.41) is 3.94. The lowest BCUT2D eigenvalue weighted by Gasteiger charge is -2.27. The first kappa shape index (κ1) is 20.2. The summed E-state index contributed by atoms with van der Waals surface area (Å²) in [6.45, 7) is 6.33. The smallest absolute Gasteiger partial charge is 0.255 e. The largest absolute Gasteiger partial charge is 0.459 e. The number of carbonyl (C=O) groups excluding carboxylic acids is 1. The van der Waals surface area contributed by atoms with Crippen LogP contribution in [0.4, 0.5) is 5.95 Å². The lowest BCUT2D eigenvalue weighted by molar-refractivity contribution is -0.121. The van der Waals surface area contributed by atoms with E-state index in [0.29, 0.717) is 55.7 Å². The zero-order valence-corrected chi connectivity index (χ0v) is 17.2. The van der Waals surface area contributed by atoms with E-state index in [1.807, 2.05) is 49.1 Å². The van der Waals surface area contributed by atoms with Crippen LogP contribution in [0.25, 0.3) is 11.0 Å². The molecule has 1 aliphatic rings. The minimum Gasteiger partial charge on any atom is -0.459 e. The summed E-state index contributed by atoms with van der Waals surface area (Å²) in [5.41, 5.74) is 1.79. The van der Waals surface area contributed by atoms with Crippen molar-refractivity contribution in [2.45, 2.75) is 32.7 Å². The zero-order valence-electron chi connectivity index (χ0n) is 17.2. The van der Waals surface area contributed by atoms with Gasteiger partial charge >= 0.3 is 0 Å². The highest BCUT2D eigenvalue weighted by Crippen LogP contribution is 2.23. The number of aromatic nitrogens is 2. The number of nitrogens with one attached hydrogen (secondary N) is 2. The summed E-state index contributed by atoms with van der Waals surface area (Å²) in [4.78, 5) is 34.4. The van der Waals surface area contributed by atoms with Crippen LogP contribution in [0.15, 0.2) is 39.5 Å². The van der Waals surface area contributed by atoms with Crippen molar-refractivity contribution in [2.75, 3.05) is 31.2 Å². The quantitative estimate of drug-likeness (QED) is 0.648. The van der Waals surface area contributed by atoms with Gasteiger partial charge in [-0.15, -0.1) is 0 Å². The van der Waals surface area contributed by atoms with Crippen LogP contribution in [0.2, 0.25) is 0 Å². The number of furan rings is 1. The average Bonchev–Trinajstić information content (AvgIpc) is 3.18. The molecule has 4 rings (SSSR count). The Kier molecular flexibility index (Phi) is 5.85. The van der Waals surface area contributed by atoms with Crippen LogP contribution >= 0.6 is 0 Å². The van der Waals surface area contributed by atoms with Crippen molar-refractivity contribution < 1.29 is 13.9 Å². The fourth-order valence-corrected chi connectivity index (χ4v) is 3.65. The van der Waals surface area contributed by atoms with E-state index < -0.39 is 0 Å². The van der Waals surface area contributed by atoms with Crippen LogP contribution in [0.1, 0.15) is 36.4 Å². The van der Waals surface area contributed by atoms with Crippen LogP contribution < -0.4 is 15.8 Å². The van der Waals surface area contributed by atoms with Gasteiger partial charge in [-0.2, -0.15) is 0 Å². The third-order valence-electron chi connectivity index (χ3n) is 5.37. The van der Waals surface area contributed by atoms with Crippen LogP contribution in [-0.4, -0.2) is 42.2 Å². The average molecular weight is 410 g/mol. The van der Waals surface area contributed by atoms with Crippen molar-refractivity contribution in [3.63, 3.8) is 0 Å². The number of nitrogens with zero attached hydrogens (tertiary/aromatic N) is 2. The third kappa shape index (κ3) is 4.38. The predicted molar refractivity (Wildman–Crippen MR) is 114 cm³/mol. The minimum absolute atomic E-state index is 0.140. The number of H-pyrrole nitrogens is 1. The Morgan fingerprint density at radius 3 is 2.80 bits per heavy atom. The van der Waals surface area contributed by atoms with Crippen molar-refractivity contribution in [3.05, 3.63) is 57.7 Å². The Labute approximate surface area is 174 Å². The van der Waals surface area contributed by atoms with Crippen molar-refractivity contribution in [2.24, 2.45) is 0 Å². The number of para-hydroxylation sites is 1. The topological polar surface area (TPSA) is 100 Å². The van der Waals surface area contributed by atoms with Crippen molar-refractivity contribution in [3.8, 4) is 0 Å². The van der Waals surface area contributed by atoms with E-state index in [4.69, 9.17) is 9.15 Å². The molecule has 2 aromatic heterocycles. The molecule has 0 bridgehead atoms. The second-order valence-corrected chi connectivity index (χ2v) is 7.53. The molecular weight excluding hydrogens is 384 g/mol. The van der Waals surface area contributed by atoms with E-state index in [9.17, 15) is 9.59 Å². The summed E-state index contributed by atoms with van der Waals surface area (Å²) in [7, 11) is 0. The van der Waals surface area contributed by atoms with E-state index >= 15 is 0 Å². The predicted octanol–water partition coefficient (Wildman–Crippen LogP) is 2.47. The summed E-state index contributed by atoms with van der Waals surface area (Å²) >= 11 is 0. The van der Waals surface area contributed by atoms with Crippen LogP contribution in [0.3, 0.4) is 0 Å². The van der Waals surface area contributed by atoms with Gasteiger partial charge in [-0.1, -0.05) is 18.2 Å². The van der Waals surface area contributed by atoms with Gasteiger partial charge in [-0.05, 0) is 32.4 Å². The van der Waals surface area contributed by atoms with E-state index in [2.05, 4.69) is 15.3 Å². The van der Waals surface area contributed by atoms with E-state index in [0.717, 1.165) is 11.0 Å². The van der Waals surface area contributed by atoms with E-state index in [-0.39, 0.29) is 23.9 Å². The number of carbonyl (C=O) groups is 1. The van der Waals surface area contributed by atoms with Gasteiger partial charge in [0.1, 0.15) is 11.3 Å². The SMILES string of the molecule is Cc1nc(N2CCOCC2)[nH]c(=O)c1CCC(=O)NC(C)c1cc2ccccc2o1. The number of benzene rings is 1. The second kappa shape index (κ2) is 8.71. The first-order valence-corrected chi connectivity index (χ1v) is 10.2. The molecule has 8 nitrogen and oxygen atoms in total. The molecule has 1 aromatic carbocycles. The Morgan fingerprint density at radius 2 is 2.07 bits per heavy atom. The highest BCUT2D eigenvalue weighted by atomic mass is 16.5. The van der Waals surface area contributed by atoms with E-state index in [1.54, 1.807) is 0 Å². The summed E-state index contributed by atoms with van der Waals surface area (Å²) in [6, 6.07) is 9.41. The molecule has 0 saturated carbocycles. The van der Waals surface area contributed by atoms with Gasteiger partial charge in [-0.25, -0.2) is 4.98 Å². The van der Waals surface area contributed by atoms with Crippen molar-refractivity contribution in [1.82, 2.24) is 15.3 Å². The number of ether oxygens (including phenoxy) is 1. The molecule has 0 spiro atoms. The monoisotopic (exact) mass is 410 g/mol. The molecule has 3 aromatic rings. The maximum atomic E-state index is 12.6. The van der Waals surface area contributed by atoms with Gasteiger partial charge in [0.25, 0.3) is 5.56 Å². The molecule has 0 radical (unpaired) electrons. The van der Waals surface area contributed by atoms with Crippen LogP contribution in [-0.2, 0) is 16.0 Å². The maximum absolute atomic E-state index is 12.6. The molecule has 2 N–H and O–H groups in total. The molecule has 1 unspecified atom stereocenters. The summed E-state index contributed by atoms with van der Waals surface area (Å²) in [5.74, 6) is 1.13. The first-order valence-electron chi connectivity index (χ1n) is 10.2. The number of fused-ring (bicyclic) bond motifs is 1. The number of hydrogen-bond donors (Lipinski definition) is 2. The molecule has 158 valence electrons. The van der Waals surface area contributed by atoms with Gasteiger partial charge in [0.05, 0.1) is 19.3 Å². The minimum atomic E-state index is -0.258. The molecule has 30 heavy (non-hydrogen) atoms. The molecule has 3 heterocycles. The molecule has 1 amide bonds. The number of hydrogen-bond acceptors (Lipinski definition) is 6. The second-order valence-electron chi connectivity index (χ2n) is 7.53. The van der Waals surface area contributed by atoms with Crippen LogP contribution in [0, 0.1) is 6.92 Å². The molecule has 1 fully saturated rings. The molecule has 8 heteroatoms. The van der Waals surface area contributed by atoms with Crippen molar-refractivity contribution in [1.29, 1.82) is 0 Å². The van der Waals surface area contributed by atoms with Gasteiger partial charge in [0.15, 0.2) is 0 Å². The Bertz CT molecular complexity index is 1060. The number of aromatic amines is 1. The molecule has 1 atom stereocenters. The van der Waals surface area contributed by atoms with Gasteiger partial charge < -0.3 is 19.4 Å². The van der Waals surface area contributed by atoms with Crippen LogP contribution in [0.5, 0.6) is 0 Å². The third-order valence-corrected chi connectivity index (χ3v) is 5.37. The number of rotatable bonds is 6. The van der Waals surface area contributed by atoms with E-state index in [1.165, 1.54) is 0 Å². The summed E-state index contributed by atoms with van der Waals surface area (Å²) in [6.07, 6.45) is 0.531. The normalized spacial score (nSPS) is 15.3. The number of aryl methyl sites for hydroxylation is 1. The Hall–Kier alpha value is -3.13. The van der Waals surface area contributed by atoms with Gasteiger partial charge in [0, 0.05) is 36.2 Å². The van der Waals surface area contributed by atoms with Gasteiger partial charge in [-0.3, -0.25) is 14.6 Å². The number of morpholine rings is 1. The molecule has 1 aliphatic heterocycles. The first-order chi connectivity index (χ1) is 14.5. The molecular formula is C22H26N4O4. The molecule has 1 saturated heterocycles. The summed E-state index contributed by atoms with van der Waals surface area (Å²) < 4.78 is 11.1. The fraction of sp³-hybridized carbons (Fsp3) is 0.409. The maximum Gasteiger partial charge on any atom is 0.255 e. The fourth-order valence-electron chi connectivity index (χ4n) is 3.65. The standard InChI is InChI=1S/C22H26N4O4/c1-14-17(21(28)25-22(24-14)26-9-11-29-12-10-26)7-8-20(27)23-15(2)19-13-16-5-3-4-6-18(16)30-19/h3-6,13,15H,7-12H2,1-2H3,(H,23,27)(H,24,25,28). The Balaban J connectivity index is 1.37. The Morgan fingerprint density at radius 1 is 1.30 bits per heavy atom. The number of anilines is 1. The van der Waals surface area contributed by atoms with Crippen molar-refractivity contribution >= 4 is 22.8 Å².